The normalized spacial score (nSPS) is 17.6. The van der Waals surface area contributed by atoms with Crippen molar-refractivity contribution in [1.82, 2.24) is 10.6 Å². The lowest BCUT2D eigenvalue weighted by atomic mass is 9.97. The van der Waals surface area contributed by atoms with Crippen LogP contribution in [0.15, 0.2) is 36.4 Å². The number of amides is 1. The molecule has 1 saturated carbocycles. The highest BCUT2D eigenvalue weighted by Gasteiger charge is 2.30. The Bertz CT molecular complexity index is 1030. The number of hydrogen-bond donors (Lipinski definition) is 2. The Balaban J connectivity index is 1.70. The molecule has 0 aromatic heterocycles. The Morgan fingerprint density at radius 3 is 2.85 bits per heavy atom. The largest absolute Gasteiger partial charge is 0.496 e. The Labute approximate surface area is 151 Å². The molecule has 0 saturated heterocycles. The number of carbonyl (C=O) groups is 1. The number of rotatable bonds is 4. The third-order valence-corrected chi connectivity index (χ3v) is 4.75. The van der Waals surface area contributed by atoms with Crippen LogP contribution in [0.25, 0.3) is 23.4 Å². The minimum absolute atomic E-state index is 0.111. The van der Waals surface area contributed by atoms with Gasteiger partial charge >= 0.3 is 0 Å². The van der Waals surface area contributed by atoms with E-state index in [1.165, 1.54) is 0 Å². The summed E-state index contributed by atoms with van der Waals surface area (Å²) in [7, 11) is 1.60. The zero-order valence-electron chi connectivity index (χ0n) is 14.5. The molecule has 0 spiro atoms. The third-order valence-electron chi connectivity index (χ3n) is 4.75. The van der Waals surface area contributed by atoms with Gasteiger partial charge in [-0.15, -0.1) is 0 Å². The maximum Gasteiger partial charge on any atom is 0.224 e. The minimum atomic E-state index is -0.192. The lowest BCUT2D eigenvalue weighted by molar-refractivity contribution is -0.122. The van der Waals surface area contributed by atoms with Gasteiger partial charge in [0.05, 0.1) is 18.7 Å². The second kappa shape index (κ2) is 6.57. The number of methoxy groups -OCH3 is 1. The second-order valence-corrected chi connectivity index (χ2v) is 6.58. The van der Waals surface area contributed by atoms with Crippen molar-refractivity contribution in [3.05, 3.63) is 52.4 Å². The predicted octanol–water partition coefficient (Wildman–Crippen LogP) is 1.21. The Kier molecular flexibility index (Phi) is 4.10. The van der Waals surface area contributed by atoms with Crippen LogP contribution < -0.4 is 25.8 Å². The molecule has 0 bridgehead atoms. The number of nitrogens with zero attached hydrogens (tertiary/aromatic N) is 1. The molecule has 130 valence electrons. The highest BCUT2D eigenvalue weighted by Crippen LogP contribution is 2.32. The SMILES string of the molecule is COc1cccc(C#N)c1-c1ccc2c(c1)=CNC(NC(=O)C1CC1)C=2. The molecule has 4 rings (SSSR count). The van der Waals surface area contributed by atoms with Crippen molar-refractivity contribution in [1.29, 1.82) is 5.26 Å². The standard InChI is InChI=1S/C21H19N3O2/c1-26-18-4-2-3-16(11-22)20(18)15-8-7-14-10-19(23-12-17(14)9-15)24-21(25)13-5-6-13/h2-4,7-10,12-13,19,23H,5-6H2,1H3,(H,24,25). The summed E-state index contributed by atoms with van der Waals surface area (Å²) in [6, 6.07) is 13.7. The first-order chi connectivity index (χ1) is 12.7. The van der Waals surface area contributed by atoms with E-state index in [4.69, 9.17) is 4.74 Å². The smallest absolute Gasteiger partial charge is 0.224 e. The fraction of sp³-hybridized carbons (Fsp3) is 0.238. The van der Waals surface area contributed by atoms with E-state index in [2.05, 4.69) is 16.7 Å². The zero-order valence-corrected chi connectivity index (χ0v) is 14.5. The fourth-order valence-corrected chi connectivity index (χ4v) is 3.21. The van der Waals surface area contributed by atoms with Crippen molar-refractivity contribution in [3.8, 4) is 22.9 Å². The van der Waals surface area contributed by atoms with Crippen LogP contribution in [-0.2, 0) is 4.79 Å². The van der Waals surface area contributed by atoms with Gasteiger partial charge in [-0.25, -0.2) is 0 Å². The lowest BCUT2D eigenvalue weighted by Gasteiger charge is -2.19. The molecule has 26 heavy (non-hydrogen) atoms. The number of ether oxygens (including phenoxy) is 1. The van der Waals surface area contributed by atoms with Crippen LogP contribution in [0, 0.1) is 17.2 Å². The van der Waals surface area contributed by atoms with E-state index in [0.717, 1.165) is 34.4 Å². The van der Waals surface area contributed by atoms with Gasteiger partial charge in [-0.05, 0) is 53.1 Å². The highest BCUT2D eigenvalue weighted by molar-refractivity contribution is 5.82. The molecular formula is C21H19N3O2. The molecule has 5 nitrogen and oxygen atoms in total. The van der Waals surface area contributed by atoms with Gasteiger partial charge < -0.3 is 15.4 Å². The number of hydrogen-bond acceptors (Lipinski definition) is 4. The monoisotopic (exact) mass is 345 g/mol. The quantitative estimate of drug-likeness (QED) is 0.873. The molecule has 2 aliphatic rings. The molecule has 1 atom stereocenters. The molecular weight excluding hydrogens is 326 g/mol. The lowest BCUT2D eigenvalue weighted by Crippen LogP contribution is -2.48. The Morgan fingerprint density at radius 1 is 1.27 bits per heavy atom. The van der Waals surface area contributed by atoms with Crippen LogP contribution in [0.5, 0.6) is 5.75 Å². The molecule has 1 aliphatic carbocycles. The van der Waals surface area contributed by atoms with E-state index in [1.807, 2.05) is 42.6 Å². The van der Waals surface area contributed by atoms with Gasteiger partial charge in [0.2, 0.25) is 5.91 Å². The average Bonchev–Trinajstić information content (AvgIpc) is 3.52. The molecule has 2 aromatic rings. The van der Waals surface area contributed by atoms with E-state index >= 15 is 0 Å². The van der Waals surface area contributed by atoms with E-state index in [1.54, 1.807) is 13.2 Å². The van der Waals surface area contributed by atoms with Crippen LogP contribution in [0.2, 0.25) is 0 Å². The summed E-state index contributed by atoms with van der Waals surface area (Å²) in [5.41, 5.74) is 2.29. The highest BCUT2D eigenvalue weighted by atomic mass is 16.5. The van der Waals surface area contributed by atoms with Crippen LogP contribution in [0.3, 0.4) is 0 Å². The van der Waals surface area contributed by atoms with Gasteiger partial charge in [-0.2, -0.15) is 5.26 Å². The molecule has 2 aromatic carbocycles. The van der Waals surface area contributed by atoms with Crippen LogP contribution in [-0.4, -0.2) is 19.2 Å². The molecule has 1 unspecified atom stereocenters. The molecule has 1 amide bonds. The van der Waals surface area contributed by atoms with Crippen LogP contribution >= 0.6 is 0 Å². The molecule has 1 fully saturated rings. The molecule has 5 heteroatoms. The van der Waals surface area contributed by atoms with Crippen molar-refractivity contribution in [2.45, 2.75) is 19.0 Å². The Hall–Kier alpha value is -3.26. The number of fused-ring (bicyclic) bond motifs is 1. The summed E-state index contributed by atoms with van der Waals surface area (Å²) >= 11 is 0. The van der Waals surface area contributed by atoms with Crippen molar-refractivity contribution >= 4 is 18.2 Å². The van der Waals surface area contributed by atoms with E-state index in [9.17, 15) is 10.1 Å². The van der Waals surface area contributed by atoms with Gasteiger partial charge in [-0.3, -0.25) is 4.79 Å². The third kappa shape index (κ3) is 3.02. The number of carbonyl (C=O) groups excluding carboxylic acids is 1. The van der Waals surface area contributed by atoms with Crippen LogP contribution in [0.1, 0.15) is 18.4 Å². The van der Waals surface area contributed by atoms with Crippen molar-refractivity contribution < 1.29 is 9.53 Å². The van der Waals surface area contributed by atoms with Gasteiger partial charge in [0, 0.05) is 17.7 Å². The van der Waals surface area contributed by atoms with Gasteiger partial charge in [0.1, 0.15) is 11.9 Å². The van der Waals surface area contributed by atoms with Crippen molar-refractivity contribution in [2.75, 3.05) is 7.11 Å². The van der Waals surface area contributed by atoms with Gasteiger partial charge in [0.25, 0.3) is 0 Å². The van der Waals surface area contributed by atoms with Gasteiger partial charge in [-0.1, -0.05) is 18.2 Å². The maximum atomic E-state index is 11.9. The maximum absolute atomic E-state index is 11.9. The predicted molar refractivity (Wildman–Crippen MR) is 99.1 cm³/mol. The second-order valence-electron chi connectivity index (χ2n) is 6.58. The summed E-state index contributed by atoms with van der Waals surface area (Å²) < 4.78 is 5.44. The molecule has 0 radical (unpaired) electrons. The van der Waals surface area contributed by atoms with E-state index in [-0.39, 0.29) is 18.0 Å². The first kappa shape index (κ1) is 16.2. The number of benzene rings is 2. The fourth-order valence-electron chi connectivity index (χ4n) is 3.21. The van der Waals surface area contributed by atoms with E-state index in [0.29, 0.717) is 11.3 Å². The molecule has 1 heterocycles. The minimum Gasteiger partial charge on any atom is -0.496 e. The summed E-state index contributed by atoms with van der Waals surface area (Å²) in [5, 5.41) is 17.7. The average molecular weight is 345 g/mol. The van der Waals surface area contributed by atoms with Crippen molar-refractivity contribution in [2.24, 2.45) is 5.92 Å². The Morgan fingerprint density at radius 2 is 2.12 bits per heavy atom. The number of nitrogens with one attached hydrogen (secondary N) is 2. The summed E-state index contributed by atoms with van der Waals surface area (Å²) in [6.45, 7) is 0. The molecule has 2 N–H and O–H groups in total. The zero-order chi connectivity index (χ0) is 18.1. The summed E-state index contributed by atoms with van der Waals surface area (Å²) in [6.07, 6.45) is 5.69. The van der Waals surface area contributed by atoms with Gasteiger partial charge in [0.15, 0.2) is 0 Å². The first-order valence-corrected chi connectivity index (χ1v) is 8.65. The molecule has 1 aliphatic heterocycles. The number of nitriles is 1. The summed E-state index contributed by atoms with van der Waals surface area (Å²) in [5.74, 6) is 0.968. The topological polar surface area (TPSA) is 74.2 Å². The first-order valence-electron chi connectivity index (χ1n) is 8.65. The van der Waals surface area contributed by atoms with Crippen LogP contribution in [0.4, 0.5) is 0 Å². The van der Waals surface area contributed by atoms with Crippen molar-refractivity contribution in [3.63, 3.8) is 0 Å². The summed E-state index contributed by atoms with van der Waals surface area (Å²) in [4.78, 5) is 11.9. The van der Waals surface area contributed by atoms with E-state index < -0.39 is 0 Å².